The van der Waals surface area contributed by atoms with Gasteiger partial charge in [-0.15, -0.1) is 0 Å². The molecule has 2 unspecified atom stereocenters. The second kappa shape index (κ2) is 7.06. The Morgan fingerprint density at radius 3 is 2.16 bits per heavy atom. The molecule has 2 N–H and O–H groups in total. The fourth-order valence-corrected chi connectivity index (χ4v) is 2.10. The Morgan fingerprint density at radius 2 is 1.68 bits per heavy atom. The second-order valence-electron chi connectivity index (χ2n) is 6.95. The normalized spacial score (nSPS) is 15.5. The van der Waals surface area contributed by atoms with E-state index in [0.29, 0.717) is 18.5 Å². The number of nitrogens with one attached hydrogen (secondary N) is 1. The lowest BCUT2D eigenvalue weighted by molar-refractivity contribution is 0.117. The predicted molar refractivity (Wildman–Crippen MR) is 82.1 cm³/mol. The van der Waals surface area contributed by atoms with E-state index >= 15 is 0 Å². The summed E-state index contributed by atoms with van der Waals surface area (Å²) in [5, 5.41) is 13.5. The zero-order valence-corrected chi connectivity index (χ0v) is 13.0. The third-order valence-electron chi connectivity index (χ3n) is 3.36. The SMILES string of the molecule is CC(C)C(O)CNC(CC(C)(C)C)c1ccccc1. The first-order valence-electron chi connectivity index (χ1n) is 7.26. The fraction of sp³-hybridized carbons (Fsp3) is 0.647. The molecule has 19 heavy (non-hydrogen) atoms. The Bertz CT molecular complexity index is 353. The molecule has 0 heterocycles. The Morgan fingerprint density at radius 1 is 1.11 bits per heavy atom. The Kier molecular flexibility index (Phi) is 6.02. The summed E-state index contributed by atoms with van der Waals surface area (Å²) in [5.74, 6) is 0.290. The van der Waals surface area contributed by atoms with Gasteiger partial charge in [0.25, 0.3) is 0 Å². The van der Waals surface area contributed by atoms with Crippen molar-refractivity contribution in [3.05, 3.63) is 35.9 Å². The van der Waals surface area contributed by atoms with Crippen LogP contribution in [0.4, 0.5) is 0 Å². The summed E-state index contributed by atoms with van der Waals surface area (Å²) in [4.78, 5) is 0. The monoisotopic (exact) mass is 263 g/mol. The summed E-state index contributed by atoms with van der Waals surface area (Å²) in [6.45, 7) is 11.5. The smallest absolute Gasteiger partial charge is 0.0687 e. The van der Waals surface area contributed by atoms with E-state index in [2.05, 4.69) is 50.4 Å². The van der Waals surface area contributed by atoms with Crippen LogP contribution in [0, 0.1) is 11.3 Å². The van der Waals surface area contributed by atoms with Crippen LogP contribution in [-0.4, -0.2) is 17.8 Å². The zero-order chi connectivity index (χ0) is 14.5. The third kappa shape index (κ3) is 6.22. The van der Waals surface area contributed by atoms with E-state index in [0.717, 1.165) is 6.42 Å². The summed E-state index contributed by atoms with van der Waals surface area (Å²) >= 11 is 0. The molecule has 1 aromatic rings. The summed E-state index contributed by atoms with van der Waals surface area (Å²) in [5.41, 5.74) is 1.56. The van der Waals surface area contributed by atoms with Crippen LogP contribution in [0.25, 0.3) is 0 Å². The maximum atomic E-state index is 9.96. The Balaban J connectivity index is 2.71. The van der Waals surface area contributed by atoms with E-state index in [1.54, 1.807) is 0 Å². The van der Waals surface area contributed by atoms with Gasteiger partial charge in [-0.05, 0) is 23.3 Å². The molecular weight excluding hydrogens is 234 g/mol. The molecule has 1 aromatic carbocycles. The van der Waals surface area contributed by atoms with Crippen molar-refractivity contribution in [3.63, 3.8) is 0 Å². The molecule has 0 fully saturated rings. The van der Waals surface area contributed by atoms with Crippen molar-refractivity contribution < 1.29 is 5.11 Å². The van der Waals surface area contributed by atoms with Crippen LogP contribution in [0.3, 0.4) is 0 Å². The van der Waals surface area contributed by atoms with Gasteiger partial charge in [-0.1, -0.05) is 65.0 Å². The molecule has 0 amide bonds. The molecule has 0 saturated heterocycles. The number of rotatable bonds is 6. The minimum Gasteiger partial charge on any atom is -0.392 e. The largest absolute Gasteiger partial charge is 0.392 e. The van der Waals surface area contributed by atoms with Crippen molar-refractivity contribution in [2.45, 2.75) is 53.2 Å². The third-order valence-corrected chi connectivity index (χ3v) is 3.36. The van der Waals surface area contributed by atoms with Crippen LogP contribution in [-0.2, 0) is 0 Å². The topological polar surface area (TPSA) is 32.3 Å². The number of aliphatic hydroxyl groups excluding tert-OH is 1. The first kappa shape index (κ1) is 16.2. The predicted octanol–water partition coefficient (Wildman–Crippen LogP) is 3.77. The molecule has 1 rings (SSSR count). The quantitative estimate of drug-likeness (QED) is 0.819. The van der Waals surface area contributed by atoms with Gasteiger partial charge < -0.3 is 10.4 Å². The highest BCUT2D eigenvalue weighted by molar-refractivity contribution is 5.19. The van der Waals surface area contributed by atoms with E-state index in [1.807, 2.05) is 19.9 Å². The van der Waals surface area contributed by atoms with E-state index in [4.69, 9.17) is 0 Å². The molecule has 0 aliphatic carbocycles. The highest BCUT2D eigenvalue weighted by atomic mass is 16.3. The molecule has 0 radical (unpaired) electrons. The molecular formula is C17H29NO. The second-order valence-corrected chi connectivity index (χ2v) is 6.95. The number of aliphatic hydroxyl groups is 1. The van der Waals surface area contributed by atoms with Gasteiger partial charge in [-0.3, -0.25) is 0 Å². The van der Waals surface area contributed by atoms with Crippen LogP contribution in [0.2, 0.25) is 0 Å². The van der Waals surface area contributed by atoms with Crippen LogP contribution in [0.15, 0.2) is 30.3 Å². The average Bonchev–Trinajstić information content (AvgIpc) is 2.33. The first-order valence-corrected chi connectivity index (χ1v) is 7.26. The van der Waals surface area contributed by atoms with Crippen molar-refractivity contribution in [3.8, 4) is 0 Å². The molecule has 0 spiro atoms. The highest BCUT2D eigenvalue weighted by Crippen LogP contribution is 2.29. The molecule has 0 aliphatic heterocycles. The van der Waals surface area contributed by atoms with Crippen LogP contribution < -0.4 is 5.32 Å². The van der Waals surface area contributed by atoms with Gasteiger partial charge in [-0.2, -0.15) is 0 Å². The molecule has 0 bridgehead atoms. The zero-order valence-electron chi connectivity index (χ0n) is 13.0. The van der Waals surface area contributed by atoms with Crippen LogP contribution in [0.1, 0.15) is 52.6 Å². The Labute approximate surface area is 118 Å². The van der Waals surface area contributed by atoms with Gasteiger partial charge in [0.1, 0.15) is 0 Å². The number of benzene rings is 1. The van der Waals surface area contributed by atoms with E-state index in [9.17, 15) is 5.11 Å². The molecule has 0 aromatic heterocycles. The fourth-order valence-electron chi connectivity index (χ4n) is 2.10. The molecule has 2 heteroatoms. The minimum atomic E-state index is -0.286. The van der Waals surface area contributed by atoms with Gasteiger partial charge >= 0.3 is 0 Å². The molecule has 108 valence electrons. The molecule has 2 atom stereocenters. The van der Waals surface area contributed by atoms with E-state index < -0.39 is 0 Å². The minimum absolute atomic E-state index is 0.260. The molecule has 0 aliphatic rings. The summed E-state index contributed by atoms with van der Waals surface area (Å²) in [6, 6.07) is 10.8. The van der Waals surface area contributed by atoms with Gasteiger partial charge in [0.15, 0.2) is 0 Å². The van der Waals surface area contributed by atoms with E-state index in [1.165, 1.54) is 5.56 Å². The average molecular weight is 263 g/mol. The van der Waals surface area contributed by atoms with Gasteiger partial charge in [-0.25, -0.2) is 0 Å². The number of hydrogen-bond donors (Lipinski definition) is 2. The first-order chi connectivity index (χ1) is 8.79. The van der Waals surface area contributed by atoms with Crippen molar-refractivity contribution >= 4 is 0 Å². The van der Waals surface area contributed by atoms with Crippen LogP contribution >= 0.6 is 0 Å². The lowest BCUT2D eigenvalue weighted by Crippen LogP contribution is -2.34. The van der Waals surface area contributed by atoms with Crippen LogP contribution in [0.5, 0.6) is 0 Å². The maximum absolute atomic E-state index is 9.96. The lowest BCUT2D eigenvalue weighted by atomic mass is 9.85. The van der Waals surface area contributed by atoms with Crippen molar-refractivity contribution in [1.29, 1.82) is 0 Å². The maximum Gasteiger partial charge on any atom is 0.0687 e. The molecule has 0 saturated carbocycles. The standard InChI is InChI=1S/C17H29NO/c1-13(2)16(19)12-18-15(11-17(3,4)5)14-9-7-6-8-10-14/h6-10,13,15-16,18-19H,11-12H2,1-5H3. The van der Waals surface area contributed by atoms with Crippen molar-refractivity contribution in [2.75, 3.05) is 6.54 Å². The summed E-state index contributed by atoms with van der Waals surface area (Å²) < 4.78 is 0. The summed E-state index contributed by atoms with van der Waals surface area (Å²) in [6.07, 6.45) is 0.771. The summed E-state index contributed by atoms with van der Waals surface area (Å²) in [7, 11) is 0. The van der Waals surface area contributed by atoms with Gasteiger partial charge in [0.2, 0.25) is 0 Å². The van der Waals surface area contributed by atoms with Gasteiger partial charge in [0, 0.05) is 12.6 Å². The number of hydrogen-bond acceptors (Lipinski definition) is 2. The molecule has 2 nitrogen and oxygen atoms in total. The lowest BCUT2D eigenvalue weighted by Gasteiger charge is -2.28. The van der Waals surface area contributed by atoms with Crippen molar-refractivity contribution in [1.82, 2.24) is 5.32 Å². The Hall–Kier alpha value is -0.860. The highest BCUT2D eigenvalue weighted by Gasteiger charge is 2.21. The van der Waals surface area contributed by atoms with Crippen molar-refractivity contribution in [2.24, 2.45) is 11.3 Å². The van der Waals surface area contributed by atoms with Gasteiger partial charge in [0.05, 0.1) is 6.10 Å². The van der Waals surface area contributed by atoms with E-state index in [-0.39, 0.29) is 11.5 Å².